The van der Waals surface area contributed by atoms with Crippen molar-refractivity contribution in [1.29, 1.82) is 0 Å². The monoisotopic (exact) mass is 356 g/mol. The lowest BCUT2D eigenvalue weighted by Crippen LogP contribution is -2.22. The fraction of sp³-hybridized carbons (Fsp3) is 0.565. The van der Waals surface area contributed by atoms with Gasteiger partial charge in [0.1, 0.15) is 5.75 Å². The van der Waals surface area contributed by atoms with E-state index >= 15 is 0 Å². The van der Waals surface area contributed by atoms with Gasteiger partial charge < -0.3 is 14.2 Å². The van der Waals surface area contributed by atoms with Gasteiger partial charge in [0.25, 0.3) is 0 Å². The van der Waals surface area contributed by atoms with E-state index in [1.165, 1.54) is 49.3 Å². The average molecular weight is 357 g/mol. The molecule has 0 saturated carbocycles. The molecule has 1 aliphatic heterocycles. The van der Waals surface area contributed by atoms with Crippen LogP contribution in [0.25, 0.3) is 10.8 Å². The van der Waals surface area contributed by atoms with E-state index in [0.29, 0.717) is 0 Å². The lowest BCUT2D eigenvalue weighted by Gasteiger charge is -2.22. The molecule has 0 radical (unpaired) electrons. The minimum Gasteiger partial charge on any atom is -0.494 e. The van der Waals surface area contributed by atoms with Gasteiger partial charge in [-0.15, -0.1) is 0 Å². The zero-order chi connectivity index (χ0) is 17.9. The highest BCUT2D eigenvalue weighted by atomic mass is 16.7. The quantitative estimate of drug-likeness (QED) is 0.455. The molecule has 3 heteroatoms. The first kappa shape index (κ1) is 19.2. The summed E-state index contributed by atoms with van der Waals surface area (Å²) in [4.78, 5) is 0. The number of benzene rings is 2. The Labute approximate surface area is 157 Å². The van der Waals surface area contributed by atoms with Crippen LogP contribution in [0.1, 0.15) is 57.8 Å². The topological polar surface area (TPSA) is 27.7 Å². The Morgan fingerprint density at radius 1 is 0.808 bits per heavy atom. The second kappa shape index (κ2) is 11.2. The molecule has 0 spiro atoms. The van der Waals surface area contributed by atoms with E-state index in [1.807, 2.05) is 0 Å². The van der Waals surface area contributed by atoms with Crippen LogP contribution in [0.5, 0.6) is 5.75 Å². The second-order valence-electron chi connectivity index (χ2n) is 7.15. The van der Waals surface area contributed by atoms with Crippen molar-refractivity contribution < 1.29 is 14.2 Å². The molecule has 0 N–H and O–H groups in total. The number of ether oxygens (including phenoxy) is 3. The molecule has 2 aromatic carbocycles. The van der Waals surface area contributed by atoms with Crippen LogP contribution in [-0.2, 0) is 9.47 Å². The molecule has 2 aromatic rings. The third-order valence-electron chi connectivity index (χ3n) is 4.97. The summed E-state index contributed by atoms with van der Waals surface area (Å²) in [6.45, 7) is 2.52. The Bertz CT molecular complexity index is 634. The van der Waals surface area contributed by atoms with Gasteiger partial charge in [-0.05, 0) is 55.0 Å². The highest BCUT2D eigenvalue weighted by Gasteiger charge is 2.13. The molecule has 1 saturated heterocycles. The van der Waals surface area contributed by atoms with Crippen molar-refractivity contribution in [3.63, 3.8) is 0 Å². The summed E-state index contributed by atoms with van der Waals surface area (Å²) in [6.07, 6.45) is 10.9. The number of hydrogen-bond acceptors (Lipinski definition) is 3. The molecule has 0 aromatic heterocycles. The summed E-state index contributed by atoms with van der Waals surface area (Å²) in [5.41, 5.74) is 0. The molecule has 1 unspecified atom stereocenters. The highest BCUT2D eigenvalue weighted by molar-refractivity contribution is 5.83. The highest BCUT2D eigenvalue weighted by Crippen LogP contribution is 2.21. The smallest absolute Gasteiger partial charge is 0.157 e. The Hall–Kier alpha value is -1.58. The summed E-state index contributed by atoms with van der Waals surface area (Å²) < 4.78 is 17.2. The maximum absolute atomic E-state index is 5.89. The normalized spacial score (nSPS) is 17.5. The third-order valence-corrected chi connectivity index (χ3v) is 4.97. The van der Waals surface area contributed by atoms with E-state index < -0.39 is 0 Å². The summed E-state index contributed by atoms with van der Waals surface area (Å²) in [6, 6.07) is 14.7. The minimum absolute atomic E-state index is 0.0657. The van der Waals surface area contributed by atoms with E-state index in [4.69, 9.17) is 14.2 Å². The predicted molar refractivity (Wildman–Crippen MR) is 107 cm³/mol. The van der Waals surface area contributed by atoms with Crippen LogP contribution in [0.3, 0.4) is 0 Å². The molecular formula is C23H32O3. The molecule has 1 atom stereocenters. The van der Waals surface area contributed by atoms with Gasteiger partial charge in [-0.3, -0.25) is 0 Å². The molecule has 3 nitrogen and oxygen atoms in total. The van der Waals surface area contributed by atoms with Crippen molar-refractivity contribution in [3.8, 4) is 5.75 Å². The zero-order valence-electron chi connectivity index (χ0n) is 15.8. The number of unbranched alkanes of at least 4 members (excludes halogenated alkanes) is 5. The molecule has 1 aliphatic rings. The van der Waals surface area contributed by atoms with E-state index in [1.54, 1.807) is 0 Å². The zero-order valence-corrected chi connectivity index (χ0v) is 15.8. The summed E-state index contributed by atoms with van der Waals surface area (Å²) >= 11 is 0. The van der Waals surface area contributed by atoms with Crippen molar-refractivity contribution >= 4 is 10.8 Å². The molecule has 142 valence electrons. The molecule has 0 bridgehead atoms. The van der Waals surface area contributed by atoms with Crippen molar-refractivity contribution in [2.24, 2.45) is 0 Å². The summed E-state index contributed by atoms with van der Waals surface area (Å²) in [7, 11) is 0. The van der Waals surface area contributed by atoms with Gasteiger partial charge in [0, 0.05) is 13.2 Å². The maximum atomic E-state index is 5.89. The van der Waals surface area contributed by atoms with Crippen LogP contribution in [0.2, 0.25) is 0 Å². The lowest BCUT2D eigenvalue weighted by molar-refractivity contribution is -0.162. The van der Waals surface area contributed by atoms with Crippen molar-refractivity contribution in [1.82, 2.24) is 0 Å². The molecule has 26 heavy (non-hydrogen) atoms. The van der Waals surface area contributed by atoms with Crippen LogP contribution in [0.4, 0.5) is 0 Å². The van der Waals surface area contributed by atoms with Crippen LogP contribution in [-0.4, -0.2) is 26.1 Å². The van der Waals surface area contributed by atoms with Gasteiger partial charge in [0.15, 0.2) is 6.29 Å². The van der Waals surface area contributed by atoms with Gasteiger partial charge in [0.05, 0.1) is 6.61 Å². The lowest BCUT2D eigenvalue weighted by atomic mass is 10.1. The van der Waals surface area contributed by atoms with Gasteiger partial charge >= 0.3 is 0 Å². The summed E-state index contributed by atoms with van der Waals surface area (Å²) in [5, 5.41) is 2.50. The minimum atomic E-state index is 0.0657. The van der Waals surface area contributed by atoms with Gasteiger partial charge in [0.2, 0.25) is 0 Å². The van der Waals surface area contributed by atoms with Crippen LogP contribution >= 0.6 is 0 Å². The van der Waals surface area contributed by atoms with E-state index in [2.05, 4.69) is 42.5 Å². The fourth-order valence-electron chi connectivity index (χ4n) is 3.42. The maximum Gasteiger partial charge on any atom is 0.157 e. The van der Waals surface area contributed by atoms with E-state index in [-0.39, 0.29) is 6.29 Å². The number of hydrogen-bond donors (Lipinski definition) is 0. The van der Waals surface area contributed by atoms with Crippen LogP contribution in [0.15, 0.2) is 42.5 Å². The Morgan fingerprint density at radius 3 is 2.38 bits per heavy atom. The molecule has 3 rings (SSSR count). The molecule has 1 heterocycles. The first-order valence-corrected chi connectivity index (χ1v) is 10.3. The van der Waals surface area contributed by atoms with E-state index in [0.717, 1.165) is 44.8 Å². The van der Waals surface area contributed by atoms with Crippen molar-refractivity contribution in [3.05, 3.63) is 42.5 Å². The Balaban J connectivity index is 1.17. The van der Waals surface area contributed by atoms with Crippen molar-refractivity contribution in [2.45, 2.75) is 64.1 Å². The fourth-order valence-corrected chi connectivity index (χ4v) is 3.42. The second-order valence-corrected chi connectivity index (χ2v) is 7.15. The first-order valence-electron chi connectivity index (χ1n) is 10.3. The average Bonchev–Trinajstić information content (AvgIpc) is 2.70. The SMILES string of the molecule is c1ccc2cc(OCCCCCCCCOC3CCCCO3)ccc2c1. The standard InChI is InChI=1S/C23H32O3/c1(2-4-9-17-25-23-13-7-10-18-26-23)3-8-16-24-22-15-14-20-11-5-6-12-21(20)19-22/h5-6,11-12,14-15,19,23H,1-4,7-10,13,16-18H2. The molecular weight excluding hydrogens is 324 g/mol. The molecule has 1 fully saturated rings. The van der Waals surface area contributed by atoms with Crippen LogP contribution in [0, 0.1) is 0 Å². The first-order chi connectivity index (χ1) is 12.9. The van der Waals surface area contributed by atoms with Crippen molar-refractivity contribution in [2.75, 3.05) is 19.8 Å². The number of fused-ring (bicyclic) bond motifs is 1. The number of rotatable bonds is 11. The largest absolute Gasteiger partial charge is 0.494 e. The van der Waals surface area contributed by atoms with Crippen LogP contribution < -0.4 is 4.74 Å². The molecule has 0 aliphatic carbocycles. The van der Waals surface area contributed by atoms with Gasteiger partial charge in [-0.2, -0.15) is 0 Å². The van der Waals surface area contributed by atoms with Gasteiger partial charge in [-0.25, -0.2) is 0 Å². The Kier molecular flexibility index (Phi) is 8.27. The van der Waals surface area contributed by atoms with E-state index in [9.17, 15) is 0 Å². The third kappa shape index (κ3) is 6.62. The van der Waals surface area contributed by atoms with Gasteiger partial charge in [-0.1, -0.05) is 56.0 Å². The summed E-state index contributed by atoms with van der Waals surface area (Å²) in [5.74, 6) is 0.978. The molecule has 0 amide bonds. The Morgan fingerprint density at radius 2 is 1.58 bits per heavy atom. The predicted octanol–water partition coefficient (Wildman–Crippen LogP) is 6.10.